The second-order valence-corrected chi connectivity index (χ2v) is 3.02. The lowest BCUT2D eigenvalue weighted by Crippen LogP contribution is -1.85. The van der Waals surface area contributed by atoms with Crippen LogP contribution in [0.1, 0.15) is 24.5 Å². The van der Waals surface area contributed by atoms with Crippen molar-refractivity contribution in [2.75, 3.05) is 6.54 Å². The fourth-order valence-corrected chi connectivity index (χ4v) is 1.26. The molecule has 0 heterocycles. The number of rotatable bonds is 3. The van der Waals surface area contributed by atoms with E-state index in [4.69, 9.17) is 5.53 Å². The van der Waals surface area contributed by atoms with Gasteiger partial charge in [0, 0.05) is 23.4 Å². The van der Waals surface area contributed by atoms with Gasteiger partial charge >= 0.3 is 0 Å². The third kappa shape index (κ3) is 3.76. The minimum absolute atomic E-state index is 0.442. The largest absolute Gasteiger partial charge is 0.0978 e. The molecule has 0 saturated heterocycles. The number of azide groups is 1. The first kappa shape index (κ1) is 11.2. The van der Waals surface area contributed by atoms with Gasteiger partial charge in [0.15, 0.2) is 0 Å². The molecule has 0 saturated carbocycles. The minimum Gasteiger partial charge on any atom is -0.0978 e. The summed E-state index contributed by atoms with van der Waals surface area (Å²) in [6.45, 7) is 2.55. The van der Waals surface area contributed by atoms with Gasteiger partial charge < -0.3 is 0 Å². The van der Waals surface area contributed by atoms with Gasteiger partial charge in [-0.1, -0.05) is 42.1 Å². The Morgan fingerprint density at radius 2 is 2.20 bits per heavy atom. The Bertz CT molecular complexity index is 420. The van der Waals surface area contributed by atoms with Gasteiger partial charge in [0.05, 0.1) is 0 Å². The number of nitrogens with zero attached hydrogens (tertiary/aromatic N) is 3. The molecule has 0 bridgehead atoms. The van der Waals surface area contributed by atoms with Gasteiger partial charge in [-0.05, 0) is 23.6 Å². The first-order chi connectivity index (χ1) is 7.38. The van der Waals surface area contributed by atoms with Gasteiger partial charge in [-0.15, -0.1) is 0 Å². The summed E-state index contributed by atoms with van der Waals surface area (Å²) < 4.78 is 0. The second-order valence-electron chi connectivity index (χ2n) is 3.02. The summed E-state index contributed by atoms with van der Waals surface area (Å²) in [6.07, 6.45) is 1.60. The SMILES string of the molecule is CCc1ccccc1C#CCCN=[N+]=[N-]. The average Bonchev–Trinajstić information content (AvgIpc) is 2.29. The molecule has 0 N–H and O–H groups in total. The number of hydrogen-bond donors (Lipinski definition) is 0. The lowest BCUT2D eigenvalue weighted by Gasteiger charge is -1.98. The molecular formula is C12H13N3. The summed E-state index contributed by atoms with van der Waals surface area (Å²) in [5.41, 5.74) is 10.4. The highest BCUT2D eigenvalue weighted by Crippen LogP contribution is 2.07. The summed E-state index contributed by atoms with van der Waals surface area (Å²) in [4.78, 5) is 2.67. The smallest absolute Gasteiger partial charge is 0.0367 e. The molecule has 0 aromatic heterocycles. The monoisotopic (exact) mass is 199 g/mol. The highest BCUT2D eigenvalue weighted by molar-refractivity contribution is 5.41. The average molecular weight is 199 g/mol. The van der Waals surface area contributed by atoms with Crippen LogP contribution in [0.3, 0.4) is 0 Å². The molecule has 0 aliphatic rings. The van der Waals surface area contributed by atoms with Crippen molar-refractivity contribution in [1.29, 1.82) is 0 Å². The standard InChI is InChI=1S/C12H13N3/c1-2-11-7-3-4-8-12(11)9-5-6-10-14-15-13/h3-4,7-8H,2,6,10H2,1H3. The molecule has 0 amide bonds. The fraction of sp³-hybridized carbons (Fsp3) is 0.333. The second kappa shape index (κ2) is 6.53. The molecule has 0 spiro atoms. The molecule has 76 valence electrons. The maximum absolute atomic E-state index is 8.07. The van der Waals surface area contributed by atoms with Crippen LogP contribution in [0.4, 0.5) is 0 Å². The van der Waals surface area contributed by atoms with Crippen molar-refractivity contribution in [3.63, 3.8) is 0 Å². The van der Waals surface area contributed by atoms with Crippen molar-refractivity contribution in [2.45, 2.75) is 19.8 Å². The van der Waals surface area contributed by atoms with Gasteiger partial charge in [0.1, 0.15) is 0 Å². The van der Waals surface area contributed by atoms with Crippen LogP contribution in [-0.4, -0.2) is 6.54 Å². The molecule has 1 aromatic rings. The van der Waals surface area contributed by atoms with E-state index in [1.807, 2.05) is 18.2 Å². The molecule has 0 radical (unpaired) electrons. The van der Waals surface area contributed by atoms with E-state index in [0.29, 0.717) is 13.0 Å². The van der Waals surface area contributed by atoms with E-state index in [0.717, 1.165) is 12.0 Å². The van der Waals surface area contributed by atoms with Gasteiger partial charge in [-0.2, -0.15) is 0 Å². The van der Waals surface area contributed by atoms with Crippen LogP contribution < -0.4 is 0 Å². The highest BCUT2D eigenvalue weighted by atomic mass is 15.1. The van der Waals surface area contributed by atoms with Gasteiger partial charge in [-0.25, -0.2) is 0 Å². The van der Waals surface area contributed by atoms with Crippen LogP contribution in [0.2, 0.25) is 0 Å². The summed E-state index contributed by atoms with van der Waals surface area (Å²) >= 11 is 0. The maximum Gasteiger partial charge on any atom is 0.0367 e. The third-order valence-corrected chi connectivity index (χ3v) is 2.02. The Balaban J connectivity index is 2.66. The molecule has 3 nitrogen and oxygen atoms in total. The van der Waals surface area contributed by atoms with Crippen LogP contribution in [0.5, 0.6) is 0 Å². The summed E-state index contributed by atoms with van der Waals surface area (Å²) in [5.74, 6) is 6.09. The Hall–Kier alpha value is -1.91. The zero-order valence-electron chi connectivity index (χ0n) is 8.77. The predicted molar refractivity (Wildman–Crippen MR) is 61.3 cm³/mol. The van der Waals surface area contributed by atoms with Crippen LogP contribution in [0, 0.1) is 11.8 Å². The molecule has 0 atom stereocenters. The number of hydrogen-bond acceptors (Lipinski definition) is 1. The van der Waals surface area contributed by atoms with Crippen molar-refractivity contribution in [2.24, 2.45) is 5.11 Å². The topological polar surface area (TPSA) is 48.8 Å². The lowest BCUT2D eigenvalue weighted by molar-refractivity contribution is 1.01. The van der Waals surface area contributed by atoms with Gasteiger partial charge in [0.2, 0.25) is 0 Å². The normalized spacial score (nSPS) is 8.60. The maximum atomic E-state index is 8.07. The molecule has 0 aliphatic carbocycles. The molecular weight excluding hydrogens is 186 g/mol. The van der Waals surface area contributed by atoms with E-state index in [1.165, 1.54) is 5.56 Å². The number of benzene rings is 1. The van der Waals surface area contributed by atoms with Crippen molar-refractivity contribution < 1.29 is 0 Å². The Morgan fingerprint density at radius 3 is 2.93 bits per heavy atom. The van der Waals surface area contributed by atoms with E-state index in [-0.39, 0.29) is 0 Å². The van der Waals surface area contributed by atoms with Crippen molar-refractivity contribution in [1.82, 2.24) is 0 Å². The van der Waals surface area contributed by atoms with Crippen LogP contribution in [0.15, 0.2) is 29.4 Å². The molecule has 0 fully saturated rings. The Morgan fingerprint density at radius 1 is 1.40 bits per heavy atom. The molecule has 1 rings (SSSR count). The van der Waals surface area contributed by atoms with E-state index in [9.17, 15) is 0 Å². The zero-order valence-corrected chi connectivity index (χ0v) is 8.77. The van der Waals surface area contributed by atoms with Gasteiger partial charge in [0.25, 0.3) is 0 Å². The highest BCUT2D eigenvalue weighted by Gasteiger charge is 1.93. The summed E-state index contributed by atoms with van der Waals surface area (Å²) in [5, 5.41) is 3.42. The Kier molecular flexibility index (Phi) is 4.86. The first-order valence-corrected chi connectivity index (χ1v) is 4.96. The quantitative estimate of drug-likeness (QED) is 0.236. The first-order valence-electron chi connectivity index (χ1n) is 4.96. The molecule has 1 aromatic carbocycles. The molecule has 0 aliphatic heterocycles. The molecule has 0 unspecified atom stereocenters. The van der Waals surface area contributed by atoms with Crippen molar-refractivity contribution >= 4 is 0 Å². The van der Waals surface area contributed by atoms with Crippen LogP contribution in [0.25, 0.3) is 10.4 Å². The molecule has 3 heteroatoms. The summed E-state index contributed by atoms with van der Waals surface area (Å²) in [7, 11) is 0. The Labute approximate surface area is 89.8 Å². The zero-order chi connectivity index (χ0) is 10.9. The van der Waals surface area contributed by atoms with Crippen LogP contribution in [-0.2, 0) is 6.42 Å². The summed E-state index contributed by atoms with van der Waals surface area (Å²) in [6, 6.07) is 8.09. The number of aryl methyl sites for hydroxylation is 1. The lowest BCUT2D eigenvalue weighted by atomic mass is 10.1. The van der Waals surface area contributed by atoms with Crippen LogP contribution >= 0.6 is 0 Å². The fourth-order valence-electron chi connectivity index (χ4n) is 1.26. The van der Waals surface area contributed by atoms with E-state index >= 15 is 0 Å². The van der Waals surface area contributed by atoms with Crippen molar-refractivity contribution in [3.8, 4) is 11.8 Å². The van der Waals surface area contributed by atoms with Gasteiger partial charge in [-0.3, -0.25) is 0 Å². The molecule has 15 heavy (non-hydrogen) atoms. The van der Waals surface area contributed by atoms with E-state index in [1.54, 1.807) is 0 Å². The third-order valence-electron chi connectivity index (χ3n) is 2.02. The van der Waals surface area contributed by atoms with E-state index < -0.39 is 0 Å². The van der Waals surface area contributed by atoms with E-state index in [2.05, 4.69) is 34.9 Å². The van der Waals surface area contributed by atoms with Crippen molar-refractivity contribution in [3.05, 3.63) is 45.8 Å². The predicted octanol–water partition coefficient (Wildman–Crippen LogP) is 3.30. The minimum atomic E-state index is 0.442.